The molecule has 4 bridgehead atoms. The summed E-state index contributed by atoms with van der Waals surface area (Å²) in [7, 11) is 7.37. The Bertz CT molecular complexity index is 1900. The van der Waals surface area contributed by atoms with Crippen LogP contribution in [0.5, 0.6) is 0 Å². The number of likely N-dealkylation sites (tertiary alicyclic amines) is 2. The second kappa shape index (κ2) is 13.6. The third kappa shape index (κ3) is 5.67. The number of aromatic amines is 2. The van der Waals surface area contributed by atoms with Gasteiger partial charge in [-0.25, -0.2) is 0 Å². The third-order valence-electron chi connectivity index (χ3n) is 12.8. The molecular formula is C42H50N4O4S. The van der Waals surface area contributed by atoms with E-state index in [4.69, 9.17) is 9.47 Å². The number of nitrogens with zero attached hydrogens (tertiary/aromatic N) is 2. The zero-order chi connectivity index (χ0) is 35.6. The fourth-order valence-electron chi connectivity index (χ4n) is 10.3. The Kier molecular flexibility index (Phi) is 9.18. The van der Waals surface area contributed by atoms with Crippen molar-refractivity contribution in [2.24, 2.45) is 23.7 Å². The maximum Gasteiger partial charge on any atom is 0.310 e. The summed E-state index contributed by atoms with van der Waals surface area (Å²) in [4.78, 5) is 40.2. The largest absolute Gasteiger partial charge is 0.469 e. The van der Waals surface area contributed by atoms with E-state index in [1.807, 2.05) is 11.8 Å². The number of allylic oxidation sites excluding steroid dienone is 2. The van der Waals surface area contributed by atoms with Gasteiger partial charge in [0.15, 0.2) is 0 Å². The molecule has 4 aromatic rings. The van der Waals surface area contributed by atoms with E-state index in [2.05, 4.69) is 108 Å². The van der Waals surface area contributed by atoms with Crippen molar-refractivity contribution in [3.63, 3.8) is 0 Å². The number of benzene rings is 2. The van der Waals surface area contributed by atoms with Crippen LogP contribution < -0.4 is 0 Å². The molecule has 2 aromatic carbocycles. The van der Waals surface area contributed by atoms with Gasteiger partial charge in [0.2, 0.25) is 0 Å². The lowest BCUT2D eigenvalue weighted by Crippen LogP contribution is -2.54. The molecule has 0 amide bonds. The quantitative estimate of drug-likeness (QED) is 0.169. The molecule has 8 unspecified atom stereocenters. The smallest absolute Gasteiger partial charge is 0.310 e. The lowest BCUT2D eigenvalue weighted by molar-refractivity contribution is -0.152. The third-order valence-corrected chi connectivity index (χ3v) is 14.3. The van der Waals surface area contributed by atoms with Gasteiger partial charge in [0.1, 0.15) is 0 Å². The Morgan fingerprint density at radius 3 is 1.51 bits per heavy atom. The van der Waals surface area contributed by atoms with E-state index in [-0.39, 0.29) is 58.2 Å². The summed E-state index contributed by atoms with van der Waals surface area (Å²) in [5.74, 6) is -0.667. The van der Waals surface area contributed by atoms with Crippen LogP contribution in [0.4, 0.5) is 0 Å². The van der Waals surface area contributed by atoms with Gasteiger partial charge in [-0.1, -0.05) is 59.7 Å². The summed E-state index contributed by atoms with van der Waals surface area (Å²) < 4.78 is 11.1. The predicted molar refractivity (Wildman–Crippen MR) is 205 cm³/mol. The summed E-state index contributed by atoms with van der Waals surface area (Å²) in [5.41, 5.74) is 10.0. The van der Waals surface area contributed by atoms with Crippen molar-refractivity contribution in [3.8, 4) is 0 Å². The average Bonchev–Trinajstić information content (AvgIpc) is 3.69. The molecule has 4 heterocycles. The first kappa shape index (κ1) is 34.3. The van der Waals surface area contributed by atoms with Gasteiger partial charge in [-0.2, -0.15) is 0 Å². The highest BCUT2D eigenvalue weighted by molar-refractivity contribution is 7.99. The summed E-state index contributed by atoms with van der Waals surface area (Å²) in [6.07, 6.45) is 7.62. The van der Waals surface area contributed by atoms with Gasteiger partial charge in [-0.05, 0) is 88.7 Å². The maximum absolute atomic E-state index is 13.8. The van der Waals surface area contributed by atoms with Crippen LogP contribution in [-0.2, 0) is 31.9 Å². The average molecular weight is 707 g/mol. The van der Waals surface area contributed by atoms with Crippen molar-refractivity contribution < 1.29 is 19.1 Å². The standard InChI is InChI=1S/C42H50N4O4S/c1-7-23-21-45(3)33-17-29-25-13-9-11-15-31(25)43-39(29)35(19-27(23)37(33)41(47)49-5)51-36-20-28-24(8-2)22-46(4)34(38(28)42(48)50-6)18-30-26-14-10-12-16-32(26)44-40(30)36/h7-16,27-28,33-38,43-44H,17-22H2,1-6H3. The molecule has 4 aliphatic rings. The molecule has 2 aromatic heterocycles. The number of para-hydroxylation sites is 2. The number of thioether (sulfide) groups is 1. The molecule has 8 rings (SSSR count). The summed E-state index contributed by atoms with van der Waals surface area (Å²) in [6, 6.07) is 17.3. The molecule has 2 aliphatic heterocycles. The van der Waals surface area contributed by atoms with Crippen LogP contribution in [0.3, 0.4) is 0 Å². The van der Waals surface area contributed by atoms with E-state index in [9.17, 15) is 9.59 Å². The summed E-state index contributed by atoms with van der Waals surface area (Å²) in [5, 5.41) is 2.60. The minimum atomic E-state index is -0.265. The summed E-state index contributed by atoms with van der Waals surface area (Å²) in [6.45, 7) is 5.90. The number of esters is 2. The predicted octanol–water partition coefficient (Wildman–Crippen LogP) is 7.39. The van der Waals surface area contributed by atoms with Gasteiger partial charge < -0.3 is 19.4 Å². The number of carbonyl (C=O) groups is 2. The molecule has 0 spiro atoms. The zero-order valence-electron chi connectivity index (χ0n) is 30.6. The zero-order valence-corrected chi connectivity index (χ0v) is 31.4. The second-order valence-corrected chi connectivity index (χ2v) is 16.5. The van der Waals surface area contributed by atoms with Crippen LogP contribution in [0.1, 0.15) is 59.7 Å². The second-order valence-electron chi connectivity index (χ2n) is 15.1. The Labute approximate surface area is 305 Å². The molecule has 51 heavy (non-hydrogen) atoms. The van der Waals surface area contributed by atoms with Crippen LogP contribution in [0, 0.1) is 23.7 Å². The SMILES string of the molecule is CC=C1CN(C)C2Cc3c([nH]c4ccccc34)C(SC3CC4C(=CC)CN(C)C(Cc5c3[nH]c3ccccc53)C4C(=O)OC)CC1C2C(=O)OC. The van der Waals surface area contributed by atoms with E-state index < -0.39 is 0 Å². The number of likely N-dealkylation sites (N-methyl/N-ethyl adjacent to an activating group) is 2. The van der Waals surface area contributed by atoms with Crippen molar-refractivity contribution in [1.82, 2.24) is 19.8 Å². The molecule has 2 N–H and O–H groups in total. The van der Waals surface area contributed by atoms with Crippen molar-refractivity contribution in [2.45, 2.75) is 62.1 Å². The van der Waals surface area contributed by atoms with Gasteiger partial charge >= 0.3 is 11.9 Å². The van der Waals surface area contributed by atoms with Crippen molar-refractivity contribution in [3.05, 3.63) is 94.3 Å². The van der Waals surface area contributed by atoms with Crippen LogP contribution >= 0.6 is 11.8 Å². The number of carbonyl (C=O) groups excluding carboxylic acids is 2. The van der Waals surface area contributed by atoms with Gasteiger partial charge in [0.05, 0.1) is 26.1 Å². The van der Waals surface area contributed by atoms with Crippen molar-refractivity contribution >= 4 is 45.5 Å². The maximum atomic E-state index is 13.8. The lowest BCUT2D eigenvalue weighted by Gasteiger charge is -2.48. The Morgan fingerprint density at radius 2 is 1.12 bits per heavy atom. The lowest BCUT2D eigenvalue weighted by atomic mass is 9.70. The Morgan fingerprint density at radius 1 is 0.706 bits per heavy atom. The molecule has 0 saturated carbocycles. The fraction of sp³-hybridized carbons (Fsp3) is 0.476. The molecule has 2 aliphatic carbocycles. The molecule has 2 fully saturated rings. The van der Waals surface area contributed by atoms with E-state index in [0.29, 0.717) is 0 Å². The normalized spacial score (nSPS) is 31.4. The molecule has 2 saturated heterocycles. The number of rotatable bonds is 4. The van der Waals surface area contributed by atoms with Gasteiger partial charge in [-0.3, -0.25) is 19.4 Å². The first-order valence-electron chi connectivity index (χ1n) is 18.5. The van der Waals surface area contributed by atoms with E-state index in [1.54, 1.807) is 0 Å². The monoisotopic (exact) mass is 706 g/mol. The van der Waals surface area contributed by atoms with Crippen LogP contribution in [0.2, 0.25) is 0 Å². The molecule has 8 nitrogen and oxygen atoms in total. The number of aromatic nitrogens is 2. The Hall–Kier alpha value is -3.79. The number of nitrogens with one attached hydrogen (secondary N) is 2. The van der Waals surface area contributed by atoms with Crippen molar-refractivity contribution in [2.75, 3.05) is 41.4 Å². The minimum Gasteiger partial charge on any atom is -0.469 e. The number of H-pyrrole nitrogens is 2. The topological polar surface area (TPSA) is 90.7 Å². The number of hydrogen-bond donors (Lipinski definition) is 2. The van der Waals surface area contributed by atoms with Gasteiger partial charge in [-0.15, -0.1) is 11.8 Å². The molecule has 8 atom stereocenters. The molecular weight excluding hydrogens is 657 g/mol. The Balaban J connectivity index is 1.31. The van der Waals surface area contributed by atoms with E-state index in [0.717, 1.165) is 49.8 Å². The first-order valence-corrected chi connectivity index (χ1v) is 19.4. The van der Waals surface area contributed by atoms with Crippen LogP contribution in [0.15, 0.2) is 71.8 Å². The van der Waals surface area contributed by atoms with Crippen molar-refractivity contribution in [1.29, 1.82) is 0 Å². The van der Waals surface area contributed by atoms with E-state index in [1.165, 1.54) is 58.7 Å². The highest BCUT2D eigenvalue weighted by Gasteiger charge is 2.50. The number of fused-ring (bicyclic) bond motifs is 10. The minimum absolute atomic E-state index is 0.0333. The first-order chi connectivity index (χ1) is 24.8. The molecule has 9 heteroatoms. The van der Waals surface area contributed by atoms with Crippen LogP contribution in [-0.4, -0.2) is 85.2 Å². The number of piperidine rings is 2. The van der Waals surface area contributed by atoms with Gasteiger partial charge in [0, 0.05) is 68.9 Å². The highest BCUT2D eigenvalue weighted by Crippen LogP contribution is 2.56. The van der Waals surface area contributed by atoms with E-state index >= 15 is 0 Å². The summed E-state index contributed by atoms with van der Waals surface area (Å²) >= 11 is 2.01. The molecule has 268 valence electrons. The molecule has 0 radical (unpaired) electrons. The fourth-order valence-corrected chi connectivity index (χ4v) is 12.0. The van der Waals surface area contributed by atoms with Crippen LogP contribution in [0.25, 0.3) is 21.8 Å². The number of hydrogen-bond acceptors (Lipinski definition) is 7. The number of ether oxygens (including phenoxy) is 2. The van der Waals surface area contributed by atoms with Gasteiger partial charge in [0.25, 0.3) is 0 Å². The number of methoxy groups -OCH3 is 2. The highest BCUT2D eigenvalue weighted by atomic mass is 32.2.